The molecule has 0 saturated carbocycles. The minimum Gasteiger partial charge on any atom is -0.356 e. The predicted molar refractivity (Wildman–Crippen MR) is 98.9 cm³/mol. The van der Waals surface area contributed by atoms with Crippen LogP contribution >= 0.6 is 11.6 Å². The van der Waals surface area contributed by atoms with Crippen molar-refractivity contribution in [3.05, 3.63) is 35.7 Å². The molecule has 3 rings (SSSR count). The van der Waals surface area contributed by atoms with Gasteiger partial charge in [0, 0.05) is 29.5 Å². The predicted octanol–water partition coefficient (Wildman–Crippen LogP) is 3.54. The van der Waals surface area contributed by atoms with Crippen molar-refractivity contribution in [1.82, 2.24) is 25.3 Å². The molecule has 28 heavy (non-hydrogen) atoms. The number of nitrogens with one attached hydrogen (secondary N) is 3. The van der Waals surface area contributed by atoms with Crippen molar-refractivity contribution in [3.63, 3.8) is 0 Å². The third-order valence-corrected chi connectivity index (χ3v) is 4.06. The van der Waals surface area contributed by atoms with Crippen molar-refractivity contribution in [3.8, 4) is 11.4 Å². The van der Waals surface area contributed by atoms with E-state index in [2.05, 4.69) is 25.3 Å². The van der Waals surface area contributed by atoms with Crippen LogP contribution in [0.4, 0.5) is 19.0 Å². The fourth-order valence-electron chi connectivity index (χ4n) is 2.50. The number of hydrogen-bond acceptors (Lipinski definition) is 5. The van der Waals surface area contributed by atoms with Gasteiger partial charge in [0.15, 0.2) is 5.82 Å². The lowest BCUT2D eigenvalue weighted by atomic mass is 10.0. The van der Waals surface area contributed by atoms with Crippen LogP contribution in [0, 0.1) is 0 Å². The summed E-state index contributed by atoms with van der Waals surface area (Å²) in [6.45, 7) is 1.50. The summed E-state index contributed by atoms with van der Waals surface area (Å²) in [5.74, 6) is -0.193. The average Bonchev–Trinajstić information content (AvgIpc) is 3.01. The maximum Gasteiger partial charge on any atom is 0.405 e. The number of amides is 1. The van der Waals surface area contributed by atoms with Gasteiger partial charge in [-0.15, -0.1) is 0 Å². The lowest BCUT2D eigenvalue weighted by Gasteiger charge is -2.26. The summed E-state index contributed by atoms with van der Waals surface area (Å²) < 4.78 is 37.0. The Balaban J connectivity index is 1.83. The van der Waals surface area contributed by atoms with E-state index in [4.69, 9.17) is 11.6 Å². The van der Waals surface area contributed by atoms with Gasteiger partial charge in [0.1, 0.15) is 23.5 Å². The van der Waals surface area contributed by atoms with Crippen LogP contribution in [0.5, 0.6) is 0 Å². The number of fused-ring (bicyclic) bond motifs is 1. The first-order valence-electron chi connectivity index (χ1n) is 8.14. The standard InChI is InChI=1S/C17H16ClF3N6O/c1-16(2,15(28)25-8-17(19,20)21)27-12-3-4-22-14(26-12)11-7-24-13-10(11)5-9(18)6-23-13/h3-7H,8H2,1-2H3,(H,23,24)(H,25,28)(H,22,26,27). The number of alkyl halides is 3. The molecule has 0 aliphatic heterocycles. The first kappa shape index (κ1) is 19.9. The van der Waals surface area contributed by atoms with E-state index in [0.717, 1.165) is 0 Å². The minimum absolute atomic E-state index is 0.279. The molecule has 3 aromatic heterocycles. The molecule has 0 aromatic carbocycles. The van der Waals surface area contributed by atoms with Crippen molar-refractivity contribution in [2.75, 3.05) is 11.9 Å². The Morgan fingerprint density at radius 2 is 2.04 bits per heavy atom. The monoisotopic (exact) mass is 412 g/mol. The summed E-state index contributed by atoms with van der Waals surface area (Å²) in [5, 5.41) is 5.86. The van der Waals surface area contributed by atoms with E-state index < -0.39 is 24.2 Å². The fourth-order valence-corrected chi connectivity index (χ4v) is 2.66. The molecule has 0 unspecified atom stereocenters. The molecule has 3 heterocycles. The number of nitrogens with zero attached hydrogens (tertiary/aromatic N) is 3. The van der Waals surface area contributed by atoms with E-state index in [0.29, 0.717) is 27.4 Å². The highest BCUT2D eigenvalue weighted by molar-refractivity contribution is 6.31. The summed E-state index contributed by atoms with van der Waals surface area (Å²) in [4.78, 5) is 27.8. The second-order valence-electron chi connectivity index (χ2n) is 6.57. The molecule has 3 N–H and O–H groups in total. The Kier molecular flexibility index (Phi) is 5.16. The van der Waals surface area contributed by atoms with Crippen LogP contribution < -0.4 is 10.6 Å². The topological polar surface area (TPSA) is 95.6 Å². The molecule has 7 nitrogen and oxygen atoms in total. The lowest BCUT2D eigenvalue weighted by Crippen LogP contribution is -2.50. The van der Waals surface area contributed by atoms with Crippen LogP contribution in [0.2, 0.25) is 5.02 Å². The van der Waals surface area contributed by atoms with Crippen molar-refractivity contribution < 1.29 is 18.0 Å². The van der Waals surface area contributed by atoms with Crippen molar-refractivity contribution in [2.24, 2.45) is 0 Å². The van der Waals surface area contributed by atoms with Crippen molar-refractivity contribution >= 4 is 34.4 Å². The maximum atomic E-state index is 12.3. The average molecular weight is 413 g/mol. The molecule has 148 valence electrons. The minimum atomic E-state index is -4.49. The van der Waals surface area contributed by atoms with Crippen LogP contribution in [0.15, 0.2) is 30.7 Å². The van der Waals surface area contributed by atoms with Gasteiger partial charge in [-0.3, -0.25) is 4.79 Å². The number of aromatic nitrogens is 4. The number of pyridine rings is 1. The van der Waals surface area contributed by atoms with E-state index in [1.807, 2.05) is 5.32 Å². The number of hydrogen-bond donors (Lipinski definition) is 3. The number of H-pyrrole nitrogens is 1. The van der Waals surface area contributed by atoms with Gasteiger partial charge in [-0.1, -0.05) is 11.6 Å². The number of halogens is 4. The SMILES string of the molecule is CC(C)(Nc1ccnc(-c2c[nH]c3ncc(Cl)cc23)n1)C(=O)NCC(F)(F)F. The van der Waals surface area contributed by atoms with Crippen LogP contribution in [0.3, 0.4) is 0 Å². The number of rotatable bonds is 5. The Morgan fingerprint density at radius 1 is 1.29 bits per heavy atom. The highest BCUT2D eigenvalue weighted by Crippen LogP contribution is 2.28. The van der Waals surface area contributed by atoms with E-state index in [1.165, 1.54) is 32.3 Å². The van der Waals surface area contributed by atoms with Gasteiger partial charge in [-0.2, -0.15) is 13.2 Å². The van der Waals surface area contributed by atoms with Gasteiger partial charge in [0.2, 0.25) is 5.91 Å². The highest BCUT2D eigenvalue weighted by Gasteiger charge is 2.33. The number of carbonyl (C=O) groups is 1. The zero-order valence-electron chi connectivity index (χ0n) is 14.9. The lowest BCUT2D eigenvalue weighted by molar-refractivity contribution is -0.140. The van der Waals surface area contributed by atoms with Gasteiger partial charge in [0.05, 0.1) is 5.02 Å². The van der Waals surface area contributed by atoms with E-state index in [1.54, 1.807) is 12.3 Å². The van der Waals surface area contributed by atoms with E-state index in [9.17, 15) is 18.0 Å². The van der Waals surface area contributed by atoms with Crippen LogP contribution in [0.25, 0.3) is 22.4 Å². The Morgan fingerprint density at radius 3 is 2.75 bits per heavy atom. The Hall–Kier alpha value is -2.88. The first-order chi connectivity index (χ1) is 13.0. The number of carbonyl (C=O) groups excluding carboxylic acids is 1. The third-order valence-electron chi connectivity index (χ3n) is 3.85. The molecule has 3 aromatic rings. The third kappa shape index (κ3) is 4.50. The molecular formula is C17H16ClF3N6O. The zero-order chi connectivity index (χ0) is 20.5. The molecule has 1 amide bonds. The van der Waals surface area contributed by atoms with Gasteiger partial charge < -0.3 is 15.6 Å². The van der Waals surface area contributed by atoms with Crippen LogP contribution in [-0.4, -0.2) is 44.1 Å². The quantitative estimate of drug-likeness (QED) is 0.595. The Labute approximate surface area is 162 Å². The number of aromatic amines is 1. The molecule has 0 fully saturated rings. The summed E-state index contributed by atoms with van der Waals surface area (Å²) >= 11 is 6.00. The van der Waals surface area contributed by atoms with Crippen molar-refractivity contribution in [2.45, 2.75) is 25.6 Å². The molecular weight excluding hydrogens is 397 g/mol. The van der Waals surface area contributed by atoms with Crippen molar-refractivity contribution in [1.29, 1.82) is 0 Å². The zero-order valence-corrected chi connectivity index (χ0v) is 15.6. The van der Waals surface area contributed by atoms with Crippen LogP contribution in [-0.2, 0) is 4.79 Å². The molecule has 0 saturated heterocycles. The first-order valence-corrected chi connectivity index (χ1v) is 8.52. The highest BCUT2D eigenvalue weighted by atomic mass is 35.5. The van der Waals surface area contributed by atoms with Crippen LogP contribution in [0.1, 0.15) is 13.8 Å². The molecule has 0 aliphatic carbocycles. The summed E-state index contributed by atoms with van der Waals surface area (Å²) in [7, 11) is 0. The second-order valence-corrected chi connectivity index (χ2v) is 7.00. The van der Waals surface area contributed by atoms with E-state index in [-0.39, 0.29) is 5.82 Å². The van der Waals surface area contributed by atoms with Gasteiger partial charge in [-0.25, -0.2) is 15.0 Å². The molecule has 0 bridgehead atoms. The smallest absolute Gasteiger partial charge is 0.356 e. The molecule has 0 atom stereocenters. The van der Waals surface area contributed by atoms with Gasteiger partial charge in [-0.05, 0) is 26.0 Å². The molecule has 0 spiro atoms. The largest absolute Gasteiger partial charge is 0.405 e. The molecule has 0 aliphatic rings. The second kappa shape index (κ2) is 7.27. The van der Waals surface area contributed by atoms with Gasteiger partial charge in [0.25, 0.3) is 0 Å². The molecule has 0 radical (unpaired) electrons. The summed E-state index contributed by atoms with van der Waals surface area (Å²) in [6.07, 6.45) is 0.170. The maximum absolute atomic E-state index is 12.3. The molecule has 11 heteroatoms. The summed E-state index contributed by atoms with van der Waals surface area (Å²) in [6, 6.07) is 3.23. The Bertz CT molecular complexity index is 1020. The van der Waals surface area contributed by atoms with Gasteiger partial charge >= 0.3 is 6.18 Å². The number of anilines is 1. The fraction of sp³-hybridized carbons (Fsp3) is 0.294. The summed E-state index contributed by atoms with van der Waals surface area (Å²) in [5.41, 5.74) is -0.0803. The van der Waals surface area contributed by atoms with E-state index >= 15 is 0 Å². The normalized spacial score (nSPS) is 12.2.